The molecule has 0 radical (unpaired) electrons. The van der Waals surface area contributed by atoms with Gasteiger partial charge in [0, 0.05) is 32.7 Å². The Labute approximate surface area is 102 Å². The average Bonchev–Trinajstić information content (AvgIpc) is 2.37. The molecule has 2 N–H and O–H groups in total. The summed E-state index contributed by atoms with van der Waals surface area (Å²) in [6.45, 7) is 2.92. The van der Waals surface area contributed by atoms with Gasteiger partial charge in [0.1, 0.15) is 0 Å². The number of nitrogens with one attached hydrogen (secondary N) is 2. The summed E-state index contributed by atoms with van der Waals surface area (Å²) in [5, 5.41) is 5.41. The summed E-state index contributed by atoms with van der Waals surface area (Å²) in [6.07, 6.45) is 5.18. The van der Waals surface area contributed by atoms with Gasteiger partial charge in [-0.05, 0) is 31.6 Å². The number of ether oxygens (including phenoxy) is 1. The molecule has 0 saturated carbocycles. The first-order valence-corrected chi connectivity index (χ1v) is 6.34. The van der Waals surface area contributed by atoms with Crippen LogP contribution in [-0.2, 0) is 14.3 Å². The Hall–Kier alpha value is -1.10. The van der Waals surface area contributed by atoms with E-state index in [1.807, 2.05) is 0 Å². The zero-order valence-corrected chi connectivity index (χ0v) is 10.2. The molecule has 0 spiro atoms. The van der Waals surface area contributed by atoms with E-state index < -0.39 is 0 Å². The van der Waals surface area contributed by atoms with Crippen LogP contribution in [0.1, 0.15) is 32.1 Å². The molecule has 1 aliphatic heterocycles. The fourth-order valence-corrected chi connectivity index (χ4v) is 1.94. The Morgan fingerprint density at radius 2 is 2.06 bits per heavy atom. The molecule has 17 heavy (non-hydrogen) atoms. The molecule has 0 unspecified atom stereocenters. The molecular weight excluding hydrogens is 220 g/mol. The van der Waals surface area contributed by atoms with Crippen molar-refractivity contribution in [1.82, 2.24) is 10.6 Å². The van der Waals surface area contributed by atoms with Gasteiger partial charge < -0.3 is 15.4 Å². The molecule has 0 aromatic heterocycles. The molecule has 1 saturated heterocycles. The maximum atomic E-state index is 11.5. The highest BCUT2D eigenvalue weighted by Crippen LogP contribution is 2.19. The number of carbonyl (C=O) groups is 2. The van der Waals surface area contributed by atoms with Gasteiger partial charge in [0.25, 0.3) is 0 Å². The van der Waals surface area contributed by atoms with Crippen molar-refractivity contribution in [3.8, 4) is 0 Å². The largest absolute Gasteiger partial charge is 0.381 e. The first-order chi connectivity index (χ1) is 8.33. The molecule has 0 atom stereocenters. The number of rotatable bonds is 8. The molecule has 0 aromatic rings. The Bertz CT molecular complexity index is 228. The van der Waals surface area contributed by atoms with E-state index in [4.69, 9.17) is 4.74 Å². The van der Waals surface area contributed by atoms with Crippen LogP contribution < -0.4 is 10.6 Å². The van der Waals surface area contributed by atoms with Crippen LogP contribution in [0.25, 0.3) is 0 Å². The molecule has 1 aliphatic rings. The maximum absolute atomic E-state index is 11.5. The van der Waals surface area contributed by atoms with Crippen molar-refractivity contribution in [2.24, 2.45) is 5.92 Å². The van der Waals surface area contributed by atoms with Gasteiger partial charge in [0.15, 0.2) is 0 Å². The monoisotopic (exact) mass is 242 g/mol. The van der Waals surface area contributed by atoms with Gasteiger partial charge in [0.2, 0.25) is 12.3 Å². The molecule has 5 nitrogen and oxygen atoms in total. The van der Waals surface area contributed by atoms with Crippen LogP contribution in [-0.4, -0.2) is 38.6 Å². The van der Waals surface area contributed by atoms with Crippen LogP contribution in [0.3, 0.4) is 0 Å². The molecule has 1 heterocycles. The lowest BCUT2D eigenvalue weighted by Crippen LogP contribution is -2.27. The van der Waals surface area contributed by atoms with Gasteiger partial charge in [-0.1, -0.05) is 0 Å². The average molecular weight is 242 g/mol. The standard InChI is InChI=1S/C12H22N2O3/c15-10-13-6-1-7-14-12(16)3-2-11-4-8-17-9-5-11/h10-11H,1-9H2,(H,13,15)(H,14,16). The van der Waals surface area contributed by atoms with Crippen molar-refractivity contribution in [1.29, 1.82) is 0 Å². The van der Waals surface area contributed by atoms with Crippen LogP contribution in [0.5, 0.6) is 0 Å². The molecule has 1 fully saturated rings. The minimum Gasteiger partial charge on any atom is -0.381 e. The Morgan fingerprint density at radius 3 is 2.76 bits per heavy atom. The van der Waals surface area contributed by atoms with Crippen LogP contribution >= 0.6 is 0 Å². The highest BCUT2D eigenvalue weighted by atomic mass is 16.5. The van der Waals surface area contributed by atoms with E-state index >= 15 is 0 Å². The van der Waals surface area contributed by atoms with Crippen molar-refractivity contribution in [2.45, 2.75) is 32.1 Å². The van der Waals surface area contributed by atoms with Crippen molar-refractivity contribution in [3.05, 3.63) is 0 Å². The smallest absolute Gasteiger partial charge is 0.220 e. The van der Waals surface area contributed by atoms with E-state index in [-0.39, 0.29) is 5.91 Å². The van der Waals surface area contributed by atoms with Gasteiger partial charge in [-0.2, -0.15) is 0 Å². The SMILES string of the molecule is O=CNCCCNC(=O)CCC1CCOCC1. The van der Waals surface area contributed by atoms with Crippen molar-refractivity contribution in [2.75, 3.05) is 26.3 Å². The third-order valence-corrected chi connectivity index (χ3v) is 3.02. The second-order valence-electron chi connectivity index (χ2n) is 4.37. The van der Waals surface area contributed by atoms with E-state index in [0.717, 1.165) is 38.9 Å². The van der Waals surface area contributed by atoms with Crippen LogP contribution in [0, 0.1) is 5.92 Å². The Kier molecular flexibility index (Phi) is 7.38. The lowest BCUT2D eigenvalue weighted by molar-refractivity contribution is -0.121. The van der Waals surface area contributed by atoms with Crippen LogP contribution in [0.4, 0.5) is 0 Å². The van der Waals surface area contributed by atoms with E-state index in [1.54, 1.807) is 0 Å². The minimum atomic E-state index is 0.114. The molecular formula is C12H22N2O3. The second kappa shape index (κ2) is 8.98. The van der Waals surface area contributed by atoms with Gasteiger partial charge in [-0.25, -0.2) is 0 Å². The van der Waals surface area contributed by atoms with Crippen LogP contribution in [0.15, 0.2) is 0 Å². The third kappa shape index (κ3) is 6.94. The number of amides is 2. The minimum absolute atomic E-state index is 0.114. The number of hydrogen-bond acceptors (Lipinski definition) is 3. The quantitative estimate of drug-likeness (QED) is 0.479. The Balaban J connectivity index is 1.94. The zero-order valence-electron chi connectivity index (χ0n) is 10.2. The zero-order chi connectivity index (χ0) is 12.3. The first-order valence-electron chi connectivity index (χ1n) is 6.34. The number of hydrogen-bond donors (Lipinski definition) is 2. The summed E-state index contributed by atoms with van der Waals surface area (Å²) >= 11 is 0. The first kappa shape index (κ1) is 14.0. The van der Waals surface area contributed by atoms with E-state index in [0.29, 0.717) is 31.8 Å². The Morgan fingerprint density at radius 1 is 1.29 bits per heavy atom. The van der Waals surface area contributed by atoms with Gasteiger partial charge in [-0.15, -0.1) is 0 Å². The normalized spacial score (nSPS) is 16.5. The fourth-order valence-electron chi connectivity index (χ4n) is 1.94. The van der Waals surface area contributed by atoms with Crippen molar-refractivity contribution >= 4 is 12.3 Å². The third-order valence-electron chi connectivity index (χ3n) is 3.02. The topological polar surface area (TPSA) is 67.4 Å². The lowest BCUT2D eigenvalue weighted by Gasteiger charge is -2.21. The lowest BCUT2D eigenvalue weighted by atomic mass is 9.95. The number of carbonyl (C=O) groups excluding carboxylic acids is 2. The van der Waals surface area contributed by atoms with Crippen molar-refractivity contribution in [3.63, 3.8) is 0 Å². The molecule has 1 rings (SSSR count). The molecule has 98 valence electrons. The van der Waals surface area contributed by atoms with Gasteiger partial charge >= 0.3 is 0 Å². The summed E-state index contributed by atoms with van der Waals surface area (Å²) in [7, 11) is 0. The van der Waals surface area contributed by atoms with E-state index in [9.17, 15) is 9.59 Å². The molecule has 2 amide bonds. The van der Waals surface area contributed by atoms with Crippen LogP contribution in [0.2, 0.25) is 0 Å². The summed E-state index contributed by atoms with van der Waals surface area (Å²) in [6, 6.07) is 0. The van der Waals surface area contributed by atoms with Gasteiger partial charge in [0.05, 0.1) is 0 Å². The maximum Gasteiger partial charge on any atom is 0.220 e. The fraction of sp³-hybridized carbons (Fsp3) is 0.833. The van der Waals surface area contributed by atoms with E-state index in [2.05, 4.69) is 10.6 Å². The molecule has 0 aliphatic carbocycles. The predicted molar refractivity (Wildman–Crippen MR) is 64.5 cm³/mol. The van der Waals surface area contributed by atoms with E-state index in [1.165, 1.54) is 0 Å². The summed E-state index contributed by atoms with van der Waals surface area (Å²) in [5.41, 5.74) is 0. The summed E-state index contributed by atoms with van der Waals surface area (Å²) in [5.74, 6) is 0.758. The molecule has 5 heteroatoms. The second-order valence-corrected chi connectivity index (χ2v) is 4.37. The molecule has 0 aromatic carbocycles. The summed E-state index contributed by atoms with van der Waals surface area (Å²) < 4.78 is 5.27. The van der Waals surface area contributed by atoms with Crippen molar-refractivity contribution < 1.29 is 14.3 Å². The van der Waals surface area contributed by atoms with Gasteiger partial charge in [-0.3, -0.25) is 9.59 Å². The highest BCUT2D eigenvalue weighted by molar-refractivity contribution is 5.75. The molecule has 0 bridgehead atoms. The predicted octanol–water partition coefficient (Wildman–Crippen LogP) is 0.445. The highest BCUT2D eigenvalue weighted by Gasteiger charge is 2.14. The summed E-state index contributed by atoms with van der Waals surface area (Å²) in [4.78, 5) is 21.5.